The molecule has 140 valence electrons. The van der Waals surface area contributed by atoms with Crippen LogP contribution in [0.1, 0.15) is 56.9 Å². The second kappa shape index (κ2) is 7.07. The van der Waals surface area contributed by atoms with E-state index < -0.39 is 16.1 Å². The van der Waals surface area contributed by atoms with Gasteiger partial charge in [0.1, 0.15) is 16.6 Å². The number of aromatic nitrogens is 1. The molecule has 1 N–H and O–H groups in total. The molecule has 1 saturated carbocycles. The zero-order valence-electron chi connectivity index (χ0n) is 15.1. The van der Waals surface area contributed by atoms with Gasteiger partial charge in [-0.15, -0.1) is 0 Å². The van der Waals surface area contributed by atoms with Crippen molar-refractivity contribution in [1.29, 1.82) is 0 Å². The third kappa shape index (κ3) is 3.60. The van der Waals surface area contributed by atoms with Crippen LogP contribution in [0.3, 0.4) is 0 Å². The standard InChI is InChI=1S/C17H27N3O4S/c1-11-6-8-14(9-7-11)18-17(21)15-5-4-10-20(15)25(22,23)16-12(2)19-24-13(16)3/h11,14-15H,4-10H2,1-3H3,(H,18,21)/t11?,14?,15-/m0/s1. The molecule has 2 heterocycles. The Bertz CT molecular complexity index is 716. The van der Waals surface area contributed by atoms with Gasteiger partial charge in [-0.2, -0.15) is 4.31 Å². The van der Waals surface area contributed by atoms with Crippen molar-refractivity contribution in [2.45, 2.75) is 76.3 Å². The van der Waals surface area contributed by atoms with Gasteiger partial charge in [-0.05, 0) is 58.3 Å². The maximum atomic E-state index is 13.0. The molecule has 25 heavy (non-hydrogen) atoms. The smallest absolute Gasteiger partial charge is 0.249 e. The van der Waals surface area contributed by atoms with E-state index in [0.717, 1.165) is 25.7 Å². The van der Waals surface area contributed by atoms with Gasteiger partial charge >= 0.3 is 0 Å². The summed E-state index contributed by atoms with van der Waals surface area (Å²) in [6.45, 7) is 5.78. The number of sulfonamides is 1. The summed E-state index contributed by atoms with van der Waals surface area (Å²) in [6, 6.07) is -0.481. The molecule has 1 atom stereocenters. The Morgan fingerprint density at radius 3 is 2.48 bits per heavy atom. The molecule has 1 aliphatic heterocycles. The van der Waals surface area contributed by atoms with Gasteiger partial charge in [0.15, 0.2) is 5.76 Å². The molecule has 1 aromatic rings. The van der Waals surface area contributed by atoms with Crippen LogP contribution >= 0.6 is 0 Å². The third-order valence-corrected chi connectivity index (χ3v) is 7.56. The molecule has 7 nitrogen and oxygen atoms in total. The highest BCUT2D eigenvalue weighted by Gasteiger charge is 2.42. The first-order valence-electron chi connectivity index (χ1n) is 9.05. The Hall–Kier alpha value is -1.41. The summed E-state index contributed by atoms with van der Waals surface area (Å²) in [5, 5.41) is 6.82. The summed E-state index contributed by atoms with van der Waals surface area (Å²) in [4.78, 5) is 12.8. The number of aryl methyl sites for hydroxylation is 2. The highest BCUT2D eigenvalue weighted by Crippen LogP contribution is 2.30. The number of amides is 1. The van der Waals surface area contributed by atoms with Crippen LogP contribution < -0.4 is 5.32 Å². The molecule has 1 amide bonds. The van der Waals surface area contributed by atoms with Gasteiger partial charge in [-0.3, -0.25) is 4.79 Å². The lowest BCUT2D eigenvalue weighted by Gasteiger charge is -2.29. The van der Waals surface area contributed by atoms with Crippen molar-refractivity contribution in [2.75, 3.05) is 6.54 Å². The van der Waals surface area contributed by atoms with Gasteiger partial charge in [0.05, 0.1) is 0 Å². The fraction of sp³-hybridized carbons (Fsp3) is 0.765. The summed E-state index contributed by atoms with van der Waals surface area (Å²) in [5.74, 6) is 0.799. The molecule has 0 radical (unpaired) electrons. The van der Waals surface area contributed by atoms with Crippen LogP contribution in [-0.4, -0.2) is 42.4 Å². The normalized spacial score (nSPS) is 28.2. The van der Waals surface area contributed by atoms with Crippen LogP contribution in [0.4, 0.5) is 0 Å². The molecule has 0 unspecified atom stereocenters. The molecule has 2 aliphatic rings. The molecular formula is C17H27N3O4S. The number of carbonyl (C=O) groups excluding carboxylic acids is 1. The number of hydrogen-bond donors (Lipinski definition) is 1. The highest BCUT2D eigenvalue weighted by atomic mass is 32.2. The van der Waals surface area contributed by atoms with E-state index in [1.54, 1.807) is 13.8 Å². The van der Waals surface area contributed by atoms with E-state index in [4.69, 9.17) is 4.52 Å². The Morgan fingerprint density at radius 1 is 1.20 bits per heavy atom. The first-order valence-corrected chi connectivity index (χ1v) is 10.5. The lowest BCUT2D eigenvalue weighted by molar-refractivity contribution is -0.125. The SMILES string of the molecule is Cc1noc(C)c1S(=O)(=O)N1CCC[C@H]1C(=O)NC1CCC(C)CC1. The second-order valence-corrected chi connectivity index (χ2v) is 9.22. The van der Waals surface area contributed by atoms with Gasteiger partial charge in [0, 0.05) is 12.6 Å². The maximum absolute atomic E-state index is 13.0. The third-order valence-electron chi connectivity index (χ3n) is 5.40. The second-order valence-electron chi connectivity index (χ2n) is 7.39. The van der Waals surface area contributed by atoms with Crippen molar-refractivity contribution in [1.82, 2.24) is 14.8 Å². The molecule has 0 spiro atoms. The molecule has 1 aliphatic carbocycles. The average molecular weight is 369 g/mol. The monoisotopic (exact) mass is 369 g/mol. The van der Waals surface area contributed by atoms with Crippen molar-refractivity contribution in [3.8, 4) is 0 Å². The Kier molecular flexibility index (Phi) is 5.20. The van der Waals surface area contributed by atoms with Crippen LogP contribution in [0, 0.1) is 19.8 Å². The maximum Gasteiger partial charge on any atom is 0.249 e. The van der Waals surface area contributed by atoms with Crippen molar-refractivity contribution in [3.05, 3.63) is 11.5 Å². The van der Waals surface area contributed by atoms with E-state index in [1.807, 2.05) is 0 Å². The number of nitrogens with zero attached hydrogens (tertiary/aromatic N) is 2. The van der Waals surface area contributed by atoms with Gasteiger partial charge in [0.25, 0.3) is 0 Å². The minimum Gasteiger partial charge on any atom is -0.360 e. The van der Waals surface area contributed by atoms with Crippen molar-refractivity contribution >= 4 is 15.9 Å². The molecule has 2 fully saturated rings. The Labute approximate surface area is 149 Å². The zero-order valence-corrected chi connectivity index (χ0v) is 15.9. The van der Waals surface area contributed by atoms with E-state index in [1.165, 1.54) is 4.31 Å². The van der Waals surface area contributed by atoms with Crippen molar-refractivity contribution < 1.29 is 17.7 Å². The number of hydrogen-bond acceptors (Lipinski definition) is 5. The Balaban J connectivity index is 1.75. The van der Waals surface area contributed by atoms with Gasteiger partial charge in [0.2, 0.25) is 15.9 Å². The summed E-state index contributed by atoms with van der Waals surface area (Å²) < 4.78 is 32.4. The van der Waals surface area contributed by atoms with Gasteiger partial charge in [-0.25, -0.2) is 8.42 Å². The lowest BCUT2D eigenvalue weighted by Crippen LogP contribution is -2.49. The predicted octanol–water partition coefficient (Wildman–Crippen LogP) is 2.14. The topological polar surface area (TPSA) is 92.5 Å². The molecular weight excluding hydrogens is 342 g/mol. The fourth-order valence-electron chi connectivity index (χ4n) is 3.95. The van der Waals surface area contributed by atoms with E-state index in [0.29, 0.717) is 31.0 Å². The fourth-order valence-corrected chi connectivity index (χ4v) is 5.90. The van der Waals surface area contributed by atoms with Crippen LogP contribution in [0.5, 0.6) is 0 Å². The molecule has 1 aromatic heterocycles. The summed E-state index contributed by atoms with van der Waals surface area (Å²) in [6.07, 6.45) is 5.39. The lowest BCUT2D eigenvalue weighted by atomic mass is 9.87. The molecule has 8 heteroatoms. The van der Waals surface area contributed by atoms with Crippen LogP contribution in [-0.2, 0) is 14.8 Å². The largest absolute Gasteiger partial charge is 0.360 e. The number of rotatable bonds is 4. The van der Waals surface area contributed by atoms with Gasteiger partial charge < -0.3 is 9.84 Å². The van der Waals surface area contributed by atoms with Crippen molar-refractivity contribution in [2.24, 2.45) is 5.92 Å². The van der Waals surface area contributed by atoms with E-state index in [9.17, 15) is 13.2 Å². The molecule has 1 saturated heterocycles. The number of carbonyl (C=O) groups is 1. The van der Waals surface area contributed by atoms with E-state index in [2.05, 4.69) is 17.4 Å². The Morgan fingerprint density at radius 2 is 1.88 bits per heavy atom. The summed E-state index contributed by atoms with van der Waals surface area (Å²) >= 11 is 0. The first-order chi connectivity index (χ1) is 11.8. The molecule has 3 rings (SSSR count). The van der Waals surface area contributed by atoms with Crippen LogP contribution in [0.25, 0.3) is 0 Å². The summed E-state index contributed by atoms with van der Waals surface area (Å²) in [5.41, 5.74) is 0.338. The number of nitrogens with one attached hydrogen (secondary N) is 1. The zero-order chi connectivity index (χ0) is 18.2. The first kappa shape index (κ1) is 18.4. The average Bonchev–Trinajstić information content (AvgIpc) is 3.17. The minimum atomic E-state index is -3.78. The highest BCUT2D eigenvalue weighted by molar-refractivity contribution is 7.89. The van der Waals surface area contributed by atoms with E-state index >= 15 is 0 Å². The van der Waals surface area contributed by atoms with Gasteiger partial charge in [-0.1, -0.05) is 12.1 Å². The van der Waals surface area contributed by atoms with Crippen LogP contribution in [0.15, 0.2) is 9.42 Å². The van der Waals surface area contributed by atoms with E-state index in [-0.39, 0.29) is 22.6 Å². The van der Waals surface area contributed by atoms with Crippen molar-refractivity contribution in [3.63, 3.8) is 0 Å². The quantitative estimate of drug-likeness (QED) is 0.878. The molecule has 0 bridgehead atoms. The predicted molar refractivity (Wildman–Crippen MR) is 92.5 cm³/mol. The molecule has 0 aromatic carbocycles. The minimum absolute atomic E-state index is 0.0960. The van der Waals surface area contributed by atoms with Crippen LogP contribution in [0.2, 0.25) is 0 Å². The summed E-state index contributed by atoms with van der Waals surface area (Å²) in [7, 11) is -3.78.